The fraction of sp³-hybridized carbons (Fsp3) is 0.333. The van der Waals surface area contributed by atoms with Gasteiger partial charge < -0.3 is 10.2 Å². The van der Waals surface area contributed by atoms with Crippen molar-refractivity contribution in [2.24, 2.45) is 5.92 Å². The van der Waals surface area contributed by atoms with Gasteiger partial charge in [-0.2, -0.15) is 13.2 Å². The van der Waals surface area contributed by atoms with E-state index in [-0.39, 0.29) is 31.3 Å². The van der Waals surface area contributed by atoms with Crippen molar-refractivity contribution in [3.63, 3.8) is 0 Å². The average Bonchev–Trinajstić information content (AvgIpc) is 3.07. The first-order valence-corrected chi connectivity index (χ1v) is 9.11. The number of hydrogen-bond acceptors (Lipinski definition) is 2. The number of nitrogens with one attached hydrogen (secondary N) is 1. The summed E-state index contributed by atoms with van der Waals surface area (Å²) in [5, 5.41) is 2.65. The van der Waals surface area contributed by atoms with Crippen LogP contribution in [-0.2, 0) is 28.7 Å². The number of carbonyl (C=O) groups excluding carboxylic acids is 2. The van der Waals surface area contributed by atoms with E-state index in [2.05, 4.69) is 5.32 Å². The number of amides is 2. The van der Waals surface area contributed by atoms with Crippen LogP contribution in [0.25, 0.3) is 0 Å². The molecule has 0 radical (unpaired) electrons. The molecule has 1 atom stereocenters. The van der Waals surface area contributed by atoms with Crippen molar-refractivity contribution in [1.82, 2.24) is 5.32 Å². The highest BCUT2D eigenvalue weighted by Gasteiger charge is 2.35. The molecular formula is C21H21F3N2O2. The Labute approximate surface area is 161 Å². The Bertz CT molecular complexity index is 863. The zero-order valence-electron chi connectivity index (χ0n) is 15.4. The summed E-state index contributed by atoms with van der Waals surface area (Å²) >= 11 is 0. The van der Waals surface area contributed by atoms with Crippen molar-refractivity contribution in [1.29, 1.82) is 0 Å². The molecule has 0 aliphatic carbocycles. The molecule has 0 saturated carbocycles. The second kappa shape index (κ2) is 8.04. The quantitative estimate of drug-likeness (QED) is 0.841. The predicted octanol–water partition coefficient (Wildman–Crippen LogP) is 3.94. The number of nitrogens with zero attached hydrogens (tertiary/aromatic N) is 1. The maximum absolute atomic E-state index is 12.8. The molecule has 1 fully saturated rings. The van der Waals surface area contributed by atoms with E-state index in [4.69, 9.17) is 0 Å². The van der Waals surface area contributed by atoms with Crippen LogP contribution < -0.4 is 10.2 Å². The van der Waals surface area contributed by atoms with Crippen LogP contribution in [0.3, 0.4) is 0 Å². The topological polar surface area (TPSA) is 49.4 Å². The van der Waals surface area contributed by atoms with Crippen molar-refractivity contribution >= 4 is 17.5 Å². The van der Waals surface area contributed by atoms with Crippen molar-refractivity contribution in [3.8, 4) is 0 Å². The van der Waals surface area contributed by atoms with E-state index in [1.54, 1.807) is 4.90 Å². The summed E-state index contributed by atoms with van der Waals surface area (Å²) in [6, 6.07) is 12.5. The lowest BCUT2D eigenvalue weighted by molar-refractivity contribution is -0.137. The summed E-state index contributed by atoms with van der Waals surface area (Å²) < 4.78 is 38.3. The highest BCUT2D eigenvalue weighted by atomic mass is 19.4. The number of hydrogen-bond donors (Lipinski definition) is 1. The first-order valence-electron chi connectivity index (χ1n) is 9.11. The second-order valence-corrected chi connectivity index (χ2v) is 6.84. The molecule has 2 aromatic carbocycles. The Kier molecular flexibility index (Phi) is 5.72. The van der Waals surface area contributed by atoms with Crippen LogP contribution in [0.5, 0.6) is 0 Å². The van der Waals surface area contributed by atoms with Crippen LogP contribution >= 0.6 is 0 Å². The smallest absolute Gasteiger partial charge is 0.352 e. The molecule has 2 aromatic rings. The molecule has 2 amide bonds. The molecule has 1 saturated heterocycles. The molecular weight excluding hydrogens is 369 g/mol. The number of benzene rings is 2. The first-order chi connectivity index (χ1) is 13.3. The zero-order valence-corrected chi connectivity index (χ0v) is 15.4. The van der Waals surface area contributed by atoms with Crippen LogP contribution in [0.4, 0.5) is 18.9 Å². The predicted molar refractivity (Wildman–Crippen MR) is 99.6 cm³/mol. The molecule has 28 heavy (non-hydrogen) atoms. The third-order valence-corrected chi connectivity index (χ3v) is 4.87. The standard InChI is InChI=1S/C21H21F3N2O2/c1-2-14-6-8-18(9-7-14)26-13-16(11-19(26)27)20(28)25-12-15-4-3-5-17(10-15)21(22,23)24/h3-10,16H,2,11-13H2,1H3,(H,25,28)/t16-/m0/s1. The highest BCUT2D eigenvalue weighted by Crippen LogP contribution is 2.30. The highest BCUT2D eigenvalue weighted by molar-refractivity contribution is 6.00. The van der Waals surface area contributed by atoms with Crippen LogP contribution in [0.1, 0.15) is 30.0 Å². The molecule has 1 aliphatic rings. The SMILES string of the molecule is CCc1ccc(N2C[C@@H](C(=O)NCc3cccc(C(F)(F)F)c3)CC2=O)cc1. The number of carbonyl (C=O) groups is 2. The first kappa shape index (κ1) is 19.9. The van der Waals surface area contributed by atoms with Crippen LogP contribution in [0.15, 0.2) is 48.5 Å². The van der Waals surface area contributed by atoms with E-state index in [9.17, 15) is 22.8 Å². The molecule has 0 bridgehead atoms. The third-order valence-electron chi connectivity index (χ3n) is 4.87. The van der Waals surface area contributed by atoms with Gasteiger partial charge in [0.25, 0.3) is 0 Å². The van der Waals surface area contributed by atoms with E-state index in [0.29, 0.717) is 5.56 Å². The Hall–Kier alpha value is -2.83. The van der Waals surface area contributed by atoms with Gasteiger partial charge in [0, 0.05) is 25.2 Å². The lowest BCUT2D eigenvalue weighted by Crippen LogP contribution is -2.32. The maximum atomic E-state index is 12.8. The minimum absolute atomic E-state index is 0.0152. The molecule has 1 aliphatic heterocycles. The third kappa shape index (κ3) is 4.52. The van der Waals surface area contributed by atoms with Crippen LogP contribution in [0, 0.1) is 5.92 Å². The molecule has 0 spiro atoms. The summed E-state index contributed by atoms with van der Waals surface area (Å²) in [6.07, 6.45) is -3.44. The molecule has 1 heterocycles. The molecule has 0 aromatic heterocycles. The maximum Gasteiger partial charge on any atom is 0.416 e. The van der Waals surface area contributed by atoms with E-state index in [1.807, 2.05) is 31.2 Å². The van der Waals surface area contributed by atoms with Gasteiger partial charge in [0.05, 0.1) is 11.5 Å². The average molecular weight is 390 g/mol. The summed E-state index contributed by atoms with van der Waals surface area (Å²) in [7, 11) is 0. The lowest BCUT2D eigenvalue weighted by Gasteiger charge is -2.17. The van der Waals surface area contributed by atoms with Gasteiger partial charge in [0.15, 0.2) is 0 Å². The van der Waals surface area contributed by atoms with Gasteiger partial charge in [-0.15, -0.1) is 0 Å². The van der Waals surface area contributed by atoms with Crippen molar-refractivity contribution < 1.29 is 22.8 Å². The normalized spacial score (nSPS) is 17.1. The largest absolute Gasteiger partial charge is 0.416 e. The number of rotatable bonds is 5. The van der Waals surface area contributed by atoms with Crippen LogP contribution in [0.2, 0.25) is 0 Å². The van der Waals surface area contributed by atoms with E-state index >= 15 is 0 Å². The zero-order chi connectivity index (χ0) is 20.3. The fourth-order valence-electron chi connectivity index (χ4n) is 3.24. The van der Waals surface area contributed by atoms with Gasteiger partial charge in [0.2, 0.25) is 11.8 Å². The lowest BCUT2D eigenvalue weighted by atomic mass is 10.1. The van der Waals surface area contributed by atoms with Gasteiger partial charge in [-0.3, -0.25) is 9.59 Å². The fourth-order valence-corrected chi connectivity index (χ4v) is 3.24. The number of aryl methyl sites for hydroxylation is 1. The molecule has 1 N–H and O–H groups in total. The van der Waals surface area contributed by atoms with Crippen molar-refractivity contribution in [3.05, 3.63) is 65.2 Å². The summed E-state index contributed by atoms with van der Waals surface area (Å²) in [6.45, 7) is 2.29. The summed E-state index contributed by atoms with van der Waals surface area (Å²) in [5.74, 6) is -0.994. The molecule has 0 unspecified atom stereocenters. The number of halogens is 3. The van der Waals surface area contributed by atoms with E-state index < -0.39 is 17.7 Å². The molecule has 3 rings (SSSR count). The Balaban J connectivity index is 1.60. The van der Waals surface area contributed by atoms with Crippen molar-refractivity contribution in [2.45, 2.75) is 32.5 Å². The monoisotopic (exact) mass is 390 g/mol. The van der Waals surface area contributed by atoms with Gasteiger partial charge in [-0.25, -0.2) is 0 Å². The summed E-state index contributed by atoms with van der Waals surface area (Å²) in [5.41, 5.74) is 1.51. The minimum Gasteiger partial charge on any atom is -0.352 e. The minimum atomic E-state index is -4.42. The van der Waals surface area contributed by atoms with Gasteiger partial charge in [-0.05, 0) is 41.8 Å². The molecule has 148 valence electrons. The van der Waals surface area contributed by atoms with Gasteiger partial charge in [0.1, 0.15) is 0 Å². The Morgan fingerprint density at radius 1 is 1.14 bits per heavy atom. The summed E-state index contributed by atoms with van der Waals surface area (Å²) in [4.78, 5) is 26.3. The van der Waals surface area contributed by atoms with Crippen molar-refractivity contribution in [2.75, 3.05) is 11.4 Å². The van der Waals surface area contributed by atoms with E-state index in [0.717, 1.165) is 29.8 Å². The van der Waals surface area contributed by atoms with Gasteiger partial charge in [-0.1, -0.05) is 31.2 Å². The molecule has 7 heteroatoms. The molecule has 4 nitrogen and oxygen atoms in total. The Morgan fingerprint density at radius 2 is 1.86 bits per heavy atom. The Morgan fingerprint density at radius 3 is 2.50 bits per heavy atom. The van der Waals surface area contributed by atoms with E-state index in [1.165, 1.54) is 12.1 Å². The van der Waals surface area contributed by atoms with Gasteiger partial charge >= 0.3 is 6.18 Å². The number of alkyl halides is 3. The van der Waals surface area contributed by atoms with Crippen LogP contribution in [-0.4, -0.2) is 18.4 Å². The second-order valence-electron chi connectivity index (χ2n) is 6.84. The number of anilines is 1.